The maximum atomic E-state index is 15.1. The van der Waals surface area contributed by atoms with E-state index >= 15 is 4.39 Å². The van der Waals surface area contributed by atoms with Gasteiger partial charge in [-0.15, -0.1) is 0 Å². The normalized spacial score (nSPS) is 25.0. The highest BCUT2D eigenvalue weighted by Gasteiger charge is 2.45. The molecule has 1 aliphatic heterocycles. The van der Waals surface area contributed by atoms with Crippen molar-refractivity contribution in [3.8, 4) is 0 Å². The largest absolute Gasteiger partial charge is 0.289 e. The highest BCUT2D eigenvalue weighted by molar-refractivity contribution is 6.02. The maximum absolute atomic E-state index is 15.1. The van der Waals surface area contributed by atoms with Crippen molar-refractivity contribution in [2.75, 3.05) is 13.1 Å². The summed E-state index contributed by atoms with van der Waals surface area (Å²) in [4.78, 5) is 14.1. The zero-order valence-corrected chi connectivity index (χ0v) is 10.9. The van der Waals surface area contributed by atoms with Gasteiger partial charge in [-0.05, 0) is 19.3 Å². The summed E-state index contributed by atoms with van der Waals surface area (Å²) < 4.78 is 15.1. The molecule has 1 aliphatic rings. The Bertz CT molecular complexity index is 404. The van der Waals surface area contributed by atoms with Gasteiger partial charge in [-0.1, -0.05) is 37.3 Å². The van der Waals surface area contributed by atoms with Crippen molar-refractivity contribution >= 4 is 5.78 Å². The first-order valence-corrected chi connectivity index (χ1v) is 6.72. The lowest BCUT2D eigenvalue weighted by Gasteiger charge is -2.39. The Kier molecular flexibility index (Phi) is 4.12. The van der Waals surface area contributed by atoms with Gasteiger partial charge >= 0.3 is 0 Å². The van der Waals surface area contributed by atoms with Gasteiger partial charge in [0.1, 0.15) is 0 Å². The summed E-state index contributed by atoms with van der Waals surface area (Å²) in [5.41, 5.74) is 0.475. The number of hydrogen-bond acceptors (Lipinski definition) is 2. The molecule has 3 heteroatoms. The van der Waals surface area contributed by atoms with Crippen LogP contribution in [-0.4, -0.2) is 29.6 Å². The van der Waals surface area contributed by atoms with Gasteiger partial charge in [0, 0.05) is 25.1 Å². The number of halogens is 1. The Morgan fingerprint density at radius 2 is 2.06 bits per heavy atom. The van der Waals surface area contributed by atoms with Crippen molar-refractivity contribution < 1.29 is 9.18 Å². The van der Waals surface area contributed by atoms with Crippen molar-refractivity contribution in [1.29, 1.82) is 0 Å². The predicted molar refractivity (Wildman–Crippen MR) is 70.3 cm³/mol. The standard InChI is InChI=1S/C15H20FNO/c1-2-11-17-12-7-6-10-15(17,16)14(18)13-8-4-3-5-9-13/h3-5,8-9H,2,6-7,10-12H2,1H3. The minimum absolute atomic E-state index is 0.320. The zero-order chi connectivity index (χ0) is 13.0. The van der Waals surface area contributed by atoms with Crippen LogP contribution in [0.3, 0.4) is 0 Å². The van der Waals surface area contributed by atoms with Crippen LogP contribution in [0, 0.1) is 0 Å². The van der Waals surface area contributed by atoms with E-state index < -0.39 is 5.79 Å². The van der Waals surface area contributed by atoms with E-state index in [9.17, 15) is 4.79 Å². The molecule has 1 fully saturated rings. The number of rotatable bonds is 4. The van der Waals surface area contributed by atoms with Crippen LogP contribution in [0.2, 0.25) is 0 Å². The summed E-state index contributed by atoms with van der Waals surface area (Å²) in [7, 11) is 0. The molecule has 1 unspecified atom stereocenters. The van der Waals surface area contributed by atoms with Gasteiger partial charge in [0.25, 0.3) is 0 Å². The third-order valence-corrected chi connectivity index (χ3v) is 3.56. The first-order chi connectivity index (χ1) is 8.68. The van der Waals surface area contributed by atoms with E-state index in [0.29, 0.717) is 25.1 Å². The van der Waals surface area contributed by atoms with Crippen LogP contribution in [-0.2, 0) is 0 Å². The summed E-state index contributed by atoms with van der Waals surface area (Å²) >= 11 is 0. The van der Waals surface area contributed by atoms with Crippen molar-refractivity contribution in [2.45, 2.75) is 38.4 Å². The van der Waals surface area contributed by atoms with Gasteiger partial charge in [0.15, 0.2) is 0 Å². The summed E-state index contributed by atoms with van der Waals surface area (Å²) in [6.07, 6.45) is 2.96. The topological polar surface area (TPSA) is 20.3 Å². The van der Waals surface area contributed by atoms with Gasteiger partial charge in [-0.25, -0.2) is 4.39 Å². The molecule has 18 heavy (non-hydrogen) atoms. The number of ketones is 1. The number of Topliss-reactive ketones (excluding diaryl/α,β-unsaturated/α-hetero) is 1. The Morgan fingerprint density at radius 1 is 1.33 bits per heavy atom. The van der Waals surface area contributed by atoms with Gasteiger partial charge in [-0.2, -0.15) is 0 Å². The van der Waals surface area contributed by atoms with E-state index in [1.54, 1.807) is 29.2 Å². The molecule has 2 nitrogen and oxygen atoms in total. The van der Waals surface area contributed by atoms with Gasteiger partial charge in [-0.3, -0.25) is 9.69 Å². The Morgan fingerprint density at radius 3 is 2.72 bits per heavy atom. The molecule has 1 atom stereocenters. The molecule has 2 rings (SSSR count). The molecule has 98 valence electrons. The highest BCUT2D eigenvalue weighted by atomic mass is 19.1. The number of nitrogens with zero attached hydrogens (tertiary/aromatic N) is 1. The monoisotopic (exact) mass is 249 g/mol. The van der Waals surface area contributed by atoms with Crippen molar-refractivity contribution in [3.05, 3.63) is 35.9 Å². The minimum atomic E-state index is -1.80. The second-order valence-electron chi connectivity index (χ2n) is 4.90. The predicted octanol–water partition coefficient (Wildman–Crippen LogP) is 3.43. The van der Waals surface area contributed by atoms with E-state index in [4.69, 9.17) is 0 Å². The number of alkyl halides is 1. The molecule has 1 aromatic rings. The minimum Gasteiger partial charge on any atom is -0.289 e. The Balaban J connectivity index is 2.24. The third-order valence-electron chi connectivity index (χ3n) is 3.56. The summed E-state index contributed by atoms with van der Waals surface area (Å²) in [6, 6.07) is 8.80. The molecule has 0 aromatic heterocycles. The van der Waals surface area contributed by atoms with E-state index in [1.807, 2.05) is 13.0 Å². The molecule has 1 heterocycles. The number of hydrogen-bond donors (Lipinski definition) is 0. The lowest BCUT2D eigenvalue weighted by atomic mass is 9.91. The molecular formula is C15H20FNO. The molecule has 1 saturated heterocycles. The fourth-order valence-electron chi connectivity index (χ4n) is 2.62. The summed E-state index contributed by atoms with van der Waals surface area (Å²) in [5.74, 6) is -2.17. The fourth-order valence-corrected chi connectivity index (χ4v) is 2.62. The lowest BCUT2D eigenvalue weighted by Crippen LogP contribution is -2.54. The molecule has 0 radical (unpaired) electrons. The second kappa shape index (κ2) is 5.61. The SMILES string of the molecule is CCCN1CCCCC1(F)C(=O)c1ccccc1. The van der Waals surface area contributed by atoms with Crippen LogP contribution in [0.5, 0.6) is 0 Å². The average molecular weight is 249 g/mol. The smallest absolute Gasteiger partial charge is 0.227 e. The van der Waals surface area contributed by atoms with Crippen LogP contribution in [0.25, 0.3) is 0 Å². The molecule has 0 spiro atoms. The van der Waals surface area contributed by atoms with Crippen molar-refractivity contribution in [1.82, 2.24) is 4.90 Å². The maximum Gasteiger partial charge on any atom is 0.227 e. The van der Waals surface area contributed by atoms with Gasteiger partial charge in [0.2, 0.25) is 11.6 Å². The zero-order valence-electron chi connectivity index (χ0n) is 10.9. The number of likely N-dealkylation sites (tertiary alicyclic amines) is 1. The number of piperidine rings is 1. The van der Waals surface area contributed by atoms with Crippen LogP contribution >= 0.6 is 0 Å². The average Bonchev–Trinajstić information content (AvgIpc) is 2.42. The molecule has 0 saturated carbocycles. The van der Waals surface area contributed by atoms with Gasteiger partial charge < -0.3 is 0 Å². The number of carbonyl (C=O) groups is 1. The van der Waals surface area contributed by atoms with Crippen LogP contribution < -0.4 is 0 Å². The first kappa shape index (κ1) is 13.2. The third kappa shape index (κ3) is 2.46. The van der Waals surface area contributed by atoms with E-state index in [-0.39, 0.29) is 5.78 Å². The summed E-state index contributed by atoms with van der Waals surface area (Å²) in [6.45, 7) is 3.35. The molecule has 0 bridgehead atoms. The van der Waals surface area contributed by atoms with Crippen molar-refractivity contribution in [2.24, 2.45) is 0 Å². The quantitative estimate of drug-likeness (QED) is 0.602. The van der Waals surface area contributed by atoms with Crippen molar-refractivity contribution in [3.63, 3.8) is 0 Å². The molecular weight excluding hydrogens is 229 g/mol. The van der Waals surface area contributed by atoms with E-state index in [0.717, 1.165) is 19.3 Å². The highest BCUT2D eigenvalue weighted by Crippen LogP contribution is 2.33. The van der Waals surface area contributed by atoms with E-state index in [2.05, 4.69) is 0 Å². The van der Waals surface area contributed by atoms with Crippen LogP contribution in [0.15, 0.2) is 30.3 Å². The molecule has 0 N–H and O–H groups in total. The van der Waals surface area contributed by atoms with Crippen LogP contribution in [0.4, 0.5) is 4.39 Å². The summed E-state index contributed by atoms with van der Waals surface area (Å²) in [5, 5.41) is 0. The number of carbonyl (C=O) groups excluding carboxylic acids is 1. The Hall–Kier alpha value is -1.22. The molecule has 0 amide bonds. The fraction of sp³-hybridized carbons (Fsp3) is 0.533. The number of benzene rings is 1. The second-order valence-corrected chi connectivity index (χ2v) is 4.90. The van der Waals surface area contributed by atoms with E-state index in [1.165, 1.54) is 0 Å². The molecule has 1 aromatic carbocycles. The van der Waals surface area contributed by atoms with Crippen LogP contribution in [0.1, 0.15) is 43.0 Å². The van der Waals surface area contributed by atoms with Gasteiger partial charge in [0.05, 0.1) is 0 Å². The Labute approximate surface area is 108 Å². The lowest BCUT2D eigenvalue weighted by molar-refractivity contribution is -0.0390. The molecule has 0 aliphatic carbocycles. The first-order valence-electron chi connectivity index (χ1n) is 6.72.